The molecule has 2 N–H and O–H groups in total. The van der Waals surface area contributed by atoms with Crippen molar-refractivity contribution in [2.45, 2.75) is 0 Å². The van der Waals surface area contributed by atoms with Gasteiger partial charge in [-0.3, -0.25) is 4.79 Å². The molecule has 0 radical (unpaired) electrons. The maximum Gasteiger partial charge on any atom is 0.255 e. The maximum absolute atomic E-state index is 13.2. The van der Waals surface area contributed by atoms with E-state index < -0.39 is 17.5 Å². The van der Waals surface area contributed by atoms with Crippen molar-refractivity contribution < 1.29 is 13.6 Å². The summed E-state index contributed by atoms with van der Waals surface area (Å²) in [5, 5.41) is 6.28. The first-order valence-corrected chi connectivity index (χ1v) is 7.64. The number of halogens is 3. The number of carbonyl (C=O) groups is 1. The van der Waals surface area contributed by atoms with Gasteiger partial charge >= 0.3 is 0 Å². The van der Waals surface area contributed by atoms with Crippen LogP contribution < -0.4 is 10.6 Å². The third-order valence-corrected chi connectivity index (χ3v) is 3.57. The van der Waals surface area contributed by atoms with Crippen LogP contribution in [0.1, 0.15) is 10.4 Å². The van der Waals surface area contributed by atoms with Crippen molar-refractivity contribution in [2.24, 2.45) is 0 Å². The second-order valence-corrected chi connectivity index (χ2v) is 5.58. The number of pyridine rings is 1. The fourth-order valence-corrected chi connectivity index (χ4v) is 2.19. The van der Waals surface area contributed by atoms with E-state index in [2.05, 4.69) is 15.6 Å². The van der Waals surface area contributed by atoms with E-state index in [1.54, 1.807) is 24.3 Å². The number of nitrogens with one attached hydrogen (secondary N) is 2. The molecule has 0 saturated heterocycles. The van der Waals surface area contributed by atoms with Gasteiger partial charge in [0.05, 0.1) is 11.9 Å². The highest BCUT2D eigenvalue weighted by atomic mass is 35.5. The van der Waals surface area contributed by atoms with Crippen LogP contribution in [0.4, 0.5) is 26.0 Å². The van der Waals surface area contributed by atoms with E-state index in [4.69, 9.17) is 11.6 Å². The van der Waals surface area contributed by atoms with Crippen LogP contribution in [0.3, 0.4) is 0 Å². The topological polar surface area (TPSA) is 54.0 Å². The molecule has 0 aliphatic heterocycles. The molecule has 2 aromatic carbocycles. The highest BCUT2D eigenvalue weighted by molar-refractivity contribution is 6.30. The predicted octanol–water partition coefficient (Wildman–Crippen LogP) is 5.01. The van der Waals surface area contributed by atoms with Crippen LogP contribution in [0.2, 0.25) is 5.02 Å². The minimum absolute atomic E-state index is 0.0160. The smallest absolute Gasteiger partial charge is 0.255 e. The van der Waals surface area contributed by atoms with Crippen molar-refractivity contribution in [1.82, 2.24) is 4.98 Å². The Morgan fingerprint density at radius 2 is 1.64 bits per heavy atom. The van der Waals surface area contributed by atoms with Gasteiger partial charge in [-0.2, -0.15) is 0 Å². The van der Waals surface area contributed by atoms with Crippen molar-refractivity contribution in [3.05, 3.63) is 83.0 Å². The summed E-state index contributed by atoms with van der Waals surface area (Å²) in [5.41, 5.74) is 1.26. The lowest BCUT2D eigenvalue weighted by Crippen LogP contribution is -2.12. The molecule has 7 heteroatoms. The van der Waals surface area contributed by atoms with Crippen LogP contribution in [-0.4, -0.2) is 10.9 Å². The summed E-state index contributed by atoms with van der Waals surface area (Å²) in [5.74, 6) is -2.06. The first-order valence-electron chi connectivity index (χ1n) is 7.26. The summed E-state index contributed by atoms with van der Waals surface area (Å²) in [4.78, 5) is 16.2. The van der Waals surface area contributed by atoms with E-state index in [0.29, 0.717) is 16.5 Å². The molecule has 1 aromatic heterocycles. The summed E-state index contributed by atoms with van der Waals surface area (Å²) >= 11 is 5.82. The molecule has 0 aliphatic carbocycles. The standard InChI is InChI=1S/C18H12ClF2N3O/c19-12-2-4-13(5-3-12)23-17-8-6-14(10-22-17)24-18(25)11-1-7-15(20)16(21)9-11/h1-10H,(H,22,23)(H,24,25). The number of hydrogen-bond acceptors (Lipinski definition) is 3. The average Bonchev–Trinajstić information content (AvgIpc) is 2.61. The van der Waals surface area contributed by atoms with Crippen LogP contribution in [0, 0.1) is 11.6 Å². The van der Waals surface area contributed by atoms with Crippen molar-refractivity contribution in [1.29, 1.82) is 0 Å². The van der Waals surface area contributed by atoms with Gasteiger partial charge in [0.25, 0.3) is 5.91 Å². The SMILES string of the molecule is O=C(Nc1ccc(Nc2ccc(Cl)cc2)nc1)c1ccc(F)c(F)c1. The fourth-order valence-electron chi connectivity index (χ4n) is 2.06. The monoisotopic (exact) mass is 359 g/mol. The van der Waals surface area contributed by atoms with E-state index >= 15 is 0 Å². The van der Waals surface area contributed by atoms with Gasteiger partial charge in [0.1, 0.15) is 5.82 Å². The van der Waals surface area contributed by atoms with Gasteiger partial charge in [0, 0.05) is 16.3 Å². The summed E-state index contributed by atoms with van der Waals surface area (Å²) in [6.45, 7) is 0. The molecule has 3 rings (SSSR count). The molecule has 0 unspecified atom stereocenters. The molecule has 25 heavy (non-hydrogen) atoms. The average molecular weight is 360 g/mol. The molecular formula is C18H12ClF2N3O. The second kappa shape index (κ2) is 7.27. The van der Waals surface area contributed by atoms with Crippen LogP contribution in [0.25, 0.3) is 0 Å². The van der Waals surface area contributed by atoms with Crippen molar-refractivity contribution in [3.63, 3.8) is 0 Å². The molecule has 0 fully saturated rings. The number of aromatic nitrogens is 1. The summed E-state index contributed by atoms with van der Waals surface area (Å²) in [7, 11) is 0. The first-order chi connectivity index (χ1) is 12.0. The van der Waals surface area contributed by atoms with E-state index in [0.717, 1.165) is 17.8 Å². The molecule has 0 spiro atoms. The molecule has 0 saturated carbocycles. The number of carbonyl (C=O) groups excluding carboxylic acids is 1. The minimum Gasteiger partial charge on any atom is -0.340 e. The molecule has 4 nitrogen and oxygen atoms in total. The zero-order chi connectivity index (χ0) is 17.8. The van der Waals surface area contributed by atoms with E-state index in [1.165, 1.54) is 12.3 Å². The predicted molar refractivity (Wildman–Crippen MR) is 93.3 cm³/mol. The van der Waals surface area contributed by atoms with Crippen LogP contribution in [0.5, 0.6) is 0 Å². The van der Waals surface area contributed by atoms with Crippen LogP contribution >= 0.6 is 11.6 Å². The van der Waals surface area contributed by atoms with E-state index in [-0.39, 0.29) is 5.56 Å². The highest BCUT2D eigenvalue weighted by Gasteiger charge is 2.10. The van der Waals surface area contributed by atoms with Crippen molar-refractivity contribution in [2.75, 3.05) is 10.6 Å². The van der Waals surface area contributed by atoms with Crippen molar-refractivity contribution in [3.8, 4) is 0 Å². The van der Waals surface area contributed by atoms with Gasteiger partial charge in [-0.15, -0.1) is 0 Å². The molecule has 0 aliphatic rings. The van der Waals surface area contributed by atoms with Gasteiger partial charge in [-0.25, -0.2) is 13.8 Å². The third kappa shape index (κ3) is 4.30. The van der Waals surface area contributed by atoms with Gasteiger partial charge < -0.3 is 10.6 Å². The third-order valence-electron chi connectivity index (χ3n) is 3.32. The Bertz CT molecular complexity index is 899. The lowest BCUT2D eigenvalue weighted by atomic mass is 10.2. The molecule has 0 bridgehead atoms. The van der Waals surface area contributed by atoms with Gasteiger partial charge in [-0.1, -0.05) is 11.6 Å². The molecule has 0 atom stereocenters. The van der Waals surface area contributed by atoms with Crippen LogP contribution in [0.15, 0.2) is 60.8 Å². The number of rotatable bonds is 4. The molecule has 1 heterocycles. The molecule has 3 aromatic rings. The normalized spacial score (nSPS) is 10.4. The van der Waals surface area contributed by atoms with E-state index in [1.807, 2.05) is 12.1 Å². The zero-order valence-electron chi connectivity index (χ0n) is 12.8. The number of anilines is 3. The molecule has 1 amide bonds. The quantitative estimate of drug-likeness (QED) is 0.688. The Morgan fingerprint density at radius 3 is 2.28 bits per heavy atom. The Balaban J connectivity index is 1.66. The zero-order valence-corrected chi connectivity index (χ0v) is 13.5. The Hall–Kier alpha value is -2.99. The Morgan fingerprint density at radius 1 is 0.920 bits per heavy atom. The number of benzene rings is 2. The lowest BCUT2D eigenvalue weighted by Gasteiger charge is -2.08. The van der Waals surface area contributed by atoms with E-state index in [9.17, 15) is 13.6 Å². The molecular weight excluding hydrogens is 348 g/mol. The largest absolute Gasteiger partial charge is 0.340 e. The summed E-state index contributed by atoms with van der Waals surface area (Å²) in [6, 6.07) is 13.4. The molecule has 126 valence electrons. The minimum atomic E-state index is -1.08. The maximum atomic E-state index is 13.2. The number of amides is 1. The first kappa shape index (κ1) is 16.9. The highest BCUT2D eigenvalue weighted by Crippen LogP contribution is 2.19. The van der Waals surface area contributed by atoms with Gasteiger partial charge in [0.15, 0.2) is 11.6 Å². The Kier molecular flexibility index (Phi) is 4.90. The van der Waals surface area contributed by atoms with Gasteiger partial charge in [-0.05, 0) is 54.6 Å². The fraction of sp³-hybridized carbons (Fsp3) is 0. The second-order valence-electron chi connectivity index (χ2n) is 5.15. The van der Waals surface area contributed by atoms with Crippen LogP contribution in [-0.2, 0) is 0 Å². The summed E-state index contributed by atoms with van der Waals surface area (Å²) < 4.78 is 26.1. The lowest BCUT2D eigenvalue weighted by molar-refractivity contribution is 0.102. The van der Waals surface area contributed by atoms with Crippen molar-refractivity contribution >= 4 is 34.7 Å². The van der Waals surface area contributed by atoms with Gasteiger partial charge in [0.2, 0.25) is 0 Å². The summed E-state index contributed by atoms with van der Waals surface area (Å²) in [6.07, 6.45) is 1.45. The number of nitrogens with zero attached hydrogens (tertiary/aromatic N) is 1. The number of hydrogen-bond donors (Lipinski definition) is 2. The Labute approximate surface area is 147 Å².